The molecular weight excluding hydrogens is 258 g/mol. The molecule has 2 aliphatic carbocycles. The number of hydrogen-bond donors (Lipinski definition) is 2. The van der Waals surface area contributed by atoms with E-state index in [0.717, 1.165) is 32.6 Å². The molecule has 0 aromatic carbocycles. The van der Waals surface area contributed by atoms with Crippen LogP contribution in [-0.2, 0) is 9.59 Å². The molecule has 0 unspecified atom stereocenters. The lowest BCUT2D eigenvalue weighted by atomic mass is 9.82. The first-order valence-electron chi connectivity index (χ1n) is 7.21. The van der Waals surface area contributed by atoms with Crippen molar-refractivity contribution in [2.45, 2.75) is 6.42 Å². The second kappa shape index (κ2) is 5.18. The average Bonchev–Trinajstić information content (AvgIpc) is 3.01. The molecule has 3 aliphatic rings. The van der Waals surface area contributed by atoms with Gasteiger partial charge in [-0.3, -0.25) is 15.0 Å². The van der Waals surface area contributed by atoms with Gasteiger partial charge in [0.1, 0.15) is 0 Å². The summed E-state index contributed by atoms with van der Waals surface area (Å²) in [6.07, 6.45) is 4.78. The molecule has 1 heterocycles. The molecule has 0 aromatic heterocycles. The topological polar surface area (TPSA) is 72.9 Å². The molecule has 2 bridgehead atoms. The fraction of sp³-hybridized carbons (Fsp3) is 0.714. The Hall–Kier alpha value is -1.40. The van der Waals surface area contributed by atoms with Gasteiger partial charge in [0.2, 0.25) is 5.91 Å². The maximum atomic E-state index is 12.4. The fourth-order valence-corrected chi connectivity index (χ4v) is 3.66. The van der Waals surface area contributed by atoms with Crippen molar-refractivity contribution in [2.75, 3.05) is 33.2 Å². The van der Waals surface area contributed by atoms with Gasteiger partial charge < -0.3 is 10.0 Å². The van der Waals surface area contributed by atoms with Crippen LogP contribution in [0.1, 0.15) is 6.42 Å². The van der Waals surface area contributed by atoms with E-state index in [2.05, 4.69) is 17.4 Å². The van der Waals surface area contributed by atoms with E-state index in [9.17, 15) is 14.7 Å². The molecule has 4 atom stereocenters. The van der Waals surface area contributed by atoms with Gasteiger partial charge in [-0.1, -0.05) is 12.2 Å². The van der Waals surface area contributed by atoms with E-state index in [-0.39, 0.29) is 17.7 Å². The highest BCUT2D eigenvalue weighted by Crippen LogP contribution is 2.48. The normalized spacial score (nSPS) is 37.2. The summed E-state index contributed by atoms with van der Waals surface area (Å²) in [4.78, 5) is 26.1. The zero-order valence-corrected chi connectivity index (χ0v) is 11.7. The van der Waals surface area contributed by atoms with Gasteiger partial charge in [-0.05, 0) is 25.3 Å². The number of carboxylic acids is 1. The maximum Gasteiger partial charge on any atom is 0.307 e. The number of piperazine rings is 1. The predicted octanol–water partition coefficient (Wildman–Crippen LogP) is -0.212. The number of aliphatic carboxylic acids is 1. The van der Waals surface area contributed by atoms with Crippen LogP contribution in [0.4, 0.5) is 0 Å². The number of hydrazine groups is 1. The molecule has 0 aromatic rings. The highest BCUT2D eigenvalue weighted by atomic mass is 16.4. The Morgan fingerprint density at radius 3 is 2.30 bits per heavy atom. The third-order valence-corrected chi connectivity index (χ3v) is 4.82. The summed E-state index contributed by atoms with van der Waals surface area (Å²) in [5.41, 5.74) is 2.92. The molecule has 1 amide bonds. The molecule has 0 radical (unpaired) electrons. The number of carbonyl (C=O) groups excluding carboxylic acids is 1. The Bertz CT molecular complexity index is 443. The summed E-state index contributed by atoms with van der Waals surface area (Å²) >= 11 is 0. The molecule has 1 saturated heterocycles. The molecule has 2 N–H and O–H groups in total. The number of fused-ring (bicyclic) bond motifs is 2. The number of allylic oxidation sites excluding steroid dienone is 2. The van der Waals surface area contributed by atoms with Crippen LogP contribution in [0.25, 0.3) is 0 Å². The monoisotopic (exact) mass is 279 g/mol. The molecule has 6 heteroatoms. The highest BCUT2D eigenvalue weighted by molar-refractivity contribution is 5.86. The van der Waals surface area contributed by atoms with Crippen molar-refractivity contribution in [2.24, 2.45) is 23.7 Å². The van der Waals surface area contributed by atoms with Crippen LogP contribution in [0, 0.1) is 23.7 Å². The molecule has 110 valence electrons. The average molecular weight is 279 g/mol. The summed E-state index contributed by atoms with van der Waals surface area (Å²) in [6, 6.07) is 0. The number of carbonyl (C=O) groups is 2. The Balaban J connectivity index is 1.64. The number of hydrogen-bond acceptors (Lipinski definition) is 4. The standard InChI is InChI=1S/C14H21N3O3/c1-16-4-6-17(7-5-16)15-13(18)11-9-2-3-10(8-9)12(11)14(19)20/h2-3,9-12H,4-8H2,1H3,(H,15,18)(H,19,20)/t9-,10-,11-,12+/m0/s1. The number of amides is 1. The van der Waals surface area contributed by atoms with Crippen molar-refractivity contribution in [3.8, 4) is 0 Å². The van der Waals surface area contributed by atoms with Crippen molar-refractivity contribution >= 4 is 11.9 Å². The fourth-order valence-electron chi connectivity index (χ4n) is 3.66. The zero-order chi connectivity index (χ0) is 14.3. The number of carboxylic acid groups (broad SMARTS) is 1. The van der Waals surface area contributed by atoms with Gasteiger partial charge in [-0.2, -0.15) is 0 Å². The molecule has 1 aliphatic heterocycles. The van der Waals surface area contributed by atoms with E-state index in [0.29, 0.717) is 0 Å². The molecule has 0 spiro atoms. The van der Waals surface area contributed by atoms with Gasteiger partial charge in [0.05, 0.1) is 11.8 Å². The van der Waals surface area contributed by atoms with E-state index in [1.165, 1.54) is 0 Å². The van der Waals surface area contributed by atoms with Crippen molar-refractivity contribution in [1.82, 2.24) is 15.3 Å². The summed E-state index contributed by atoms with van der Waals surface area (Å²) in [6.45, 7) is 3.41. The summed E-state index contributed by atoms with van der Waals surface area (Å²) in [7, 11) is 2.06. The SMILES string of the molecule is CN1CCN(NC(=O)[C@@H]2[C@H](C(=O)O)[C@H]3C=C[C@H]2C3)CC1. The van der Waals surface area contributed by atoms with Crippen LogP contribution in [0.5, 0.6) is 0 Å². The van der Waals surface area contributed by atoms with Crippen LogP contribution in [0.3, 0.4) is 0 Å². The first-order chi connectivity index (χ1) is 9.56. The van der Waals surface area contributed by atoms with E-state index >= 15 is 0 Å². The largest absolute Gasteiger partial charge is 0.481 e. The van der Waals surface area contributed by atoms with Crippen molar-refractivity contribution < 1.29 is 14.7 Å². The quantitative estimate of drug-likeness (QED) is 0.699. The van der Waals surface area contributed by atoms with Crippen LogP contribution in [0.2, 0.25) is 0 Å². The molecule has 1 saturated carbocycles. The lowest BCUT2D eigenvalue weighted by Gasteiger charge is -2.34. The van der Waals surface area contributed by atoms with Crippen LogP contribution >= 0.6 is 0 Å². The third kappa shape index (κ3) is 2.33. The van der Waals surface area contributed by atoms with Crippen molar-refractivity contribution in [3.63, 3.8) is 0 Å². The van der Waals surface area contributed by atoms with E-state index in [4.69, 9.17) is 0 Å². The molecule has 3 rings (SSSR count). The molecule has 2 fully saturated rings. The van der Waals surface area contributed by atoms with Crippen molar-refractivity contribution in [3.05, 3.63) is 12.2 Å². The maximum absolute atomic E-state index is 12.4. The first kappa shape index (κ1) is 13.6. The second-order valence-corrected chi connectivity index (χ2v) is 6.10. The van der Waals surface area contributed by atoms with E-state index < -0.39 is 17.8 Å². The minimum atomic E-state index is -0.847. The van der Waals surface area contributed by atoms with Gasteiger partial charge in [0.15, 0.2) is 0 Å². The predicted molar refractivity (Wildman–Crippen MR) is 72.6 cm³/mol. The van der Waals surface area contributed by atoms with Crippen molar-refractivity contribution in [1.29, 1.82) is 0 Å². The highest BCUT2D eigenvalue weighted by Gasteiger charge is 2.51. The smallest absolute Gasteiger partial charge is 0.307 e. The Kier molecular flexibility index (Phi) is 3.52. The Morgan fingerprint density at radius 1 is 1.10 bits per heavy atom. The van der Waals surface area contributed by atoms with Gasteiger partial charge in [-0.15, -0.1) is 0 Å². The van der Waals surface area contributed by atoms with Crippen LogP contribution < -0.4 is 5.43 Å². The van der Waals surface area contributed by atoms with Crippen LogP contribution in [-0.4, -0.2) is 60.1 Å². The van der Waals surface area contributed by atoms with E-state index in [1.54, 1.807) is 0 Å². The number of rotatable bonds is 3. The van der Waals surface area contributed by atoms with Gasteiger partial charge in [0.25, 0.3) is 0 Å². The minimum Gasteiger partial charge on any atom is -0.481 e. The van der Waals surface area contributed by atoms with Gasteiger partial charge in [0, 0.05) is 26.2 Å². The zero-order valence-electron chi connectivity index (χ0n) is 11.7. The third-order valence-electron chi connectivity index (χ3n) is 4.82. The van der Waals surface area contributed by atoms with Gasteiger partial charge in [-0.25, -0.2) is 5.01 Å². The Morgan fingerprint density at radius 2 is 1.70 bits per heavy atom. The Labute approximate surface area is 118 Å². The first-order valence-corrected chi connectivity index (χ1v) is 7.21. The van der Waals surface area contributed by atoms with Crippen LogP contribution in [0.15, 0.2) is 12.2 Å². The second-order valence-electron chi connectivity index (χ2n) is 6.10. The molecule has 20 heavy (non-hydrogen) atoms. The van der Waals surface area contributed by atoms with Gasteiger partial charge >= 0.3 is 5.97 Å². The summed E-state index contributed by atoms with van der Waals surface area (Å²) < 4.78 is 0. The summed E-state index contributed by atoms with van der Waals surface area (Å²) in [5, 5.41) is 11.3. The molecular formula is C14H21N3O3. The molecule has 6 nitrogen and oxygen atoms in total. The minimum absolute atomic E-state index is 0.0285. The lowest BCUT2D eigenvalue weighted by Crippen LogP contribution is -2.55. The lowest BCUT2D eigenvalue weighted by molar-refractivity contribution is -0.149. The number of likely N-dealkylation sites (N-methyl/N-ethyl adjacent to an activating group) is 1. The number of nitrogens with one attached hydrogen (secondary N) is 1. The van der Waals surface area contributed by atoms with E-state index in [1.807, 2.05) is 17.2 Å². The number of nitrogens with zero attached hydrogens (tertiary/aromatic N) is 2. The summed E-state index contributed by atoms with van der Waals surface area (Å²) in [5.74, 6) is -1.83.